The summed E-state index contributed by atoms with van der Waals surface area (Å²) in [5.74, 6) is -1.20. The molecule has 9 heteroatoms. The minimum atomic E-state index is -4.63. The predicted molar refractivity (Wildman–Crippen MR) is 75.3 cm³/mol. The van der Waals surface area contributed by atoms with Gasteiger partial charge in [-0.3, -0.25) is 4.79 Å². The van der Waals surface area contributed by atoms with E-state index in [-0.39, 0.29) is 0 Å². The van der Waals surface area contributed by atoms with E-state index in [0.29, 0.717) is 25.0 Å². The maximum atomic E-state index is 12.5. The van der Waals surface area contributed by atoms with Gasteiger partial charge in [-0.1, -0.05) is 13.8 Å². The van der Waals surface area contributed by atoms with Crippen LogP contribution in [0.1, 0.15) is 32.3 Å². The number of sulfonamides is 1. The molecule has 1 amide bonds. The van der Waals surface area contributed by atoms with Crippen molar-refractivity contribution in [3.63, 3.8) is 0 Å². The van der Waals surface area contributed by atoms with Gasteiger partial charge in [0.05, 0.1) is 11.3 Å². The summed E-state index contributed by atoms with van der Waals surface area (Å²) in [6.45, 7) is 3.46. The molecule has 3 N–H and O–H groups in total. The van der Waals surface area contributed by atoms with Crippen LogP contribution in [-0.4, -0.2) is 14.3 Å². The summed E-state index contributed by atoms with van der Waals surface area (Å²) in [6, 6.07) is 1.86. The zero-order valence-corrected chi connectivity index (χ0v) is 12.9. The third kappa shape index (κ3) is 4.12. The number of amides is 1. The molecule has 0 fully saturated rings. The molecule has 0 saturated carbocycles. The third-order valence-electron chi connectivity index (χ3n) is 3.22. The van der Waals surface area contributed by atoms with Crippen molar-refractivity contribution in [3.05, 3.63) is 23.8 Å². The maximum absolute atomic E-state index is 12.5. The van der Waals surface area contributed by atoms with Gasteiger partial charge in [-0.2, -0.15) is 13.2 Å². The van der Waals surface area contributed by atoms with Crippen molar-refractivity contribution in [2.24, 2.45) is 5.92 Å². The monoisotopic (exact) mass is 338 g/mol. The molecule has 0 heterocycles. The molecule has 22 heavy (non-hydrogen) atoms. The molecule has 1 rings (SSSR count). The topological polar surface area (TPSA) is 89.3 Å². The molecule has 0 aromatic heterocycles. The van der Waals surface area contributed by atoms with E-state index in [4.69, 9.17) is 5.73 Å². The summed E-state index contributed by atoms with van der Waals surface area (Å²) in [5, 5.41) is 0. The smallest absolute Gasteiger partial charge is 0.398 e. The molecule has 0 spiro atoms. The standard InChI is InChI=1S/C13H17F3N2O3S/c1-3-8(4-2)12(19)18-22(20,21)11-6-5-9(7-10(11)17)13(14,15)16/h5-8H,3-4,17H2,1-2H3,(H,18,19). The number of carbonyl (C=O) groups is 1. The molecule has 0 unspecified atom stereocenters. The Kier molecular flexibility index (Phi) is 5.44. The number of hydrogen-bond donors (Lipinski definition) is 2. The molecule has 0 radical (unpaired) electrons. The van der Waals surface area contributed by atoms with Crippen LogP contribution < -0.4 is 10.5 Å². The largest absolute Gasteiger partial charge is 0.416 e. The van der Waals surface area contributed by atoms with Gasteiger partial charge in [-0.05, 0) is 31.0 Å². The number of nitrogens with two attached hydrogens (primary N) is 1. The normalized spacial score (nSPS) is 12.5. The molecular formula is C13H17F3N2O3S. The van der Waals surface area contributed by atoms with E-state index < -0.39 is 44.2 Å². The van der Waals surface area contributed by atoms with Crippen LogP contribution in [0.2, 0.25) is 0 Å². The van der Waals surface area contributed by atoms with E-state index in [9.17, 15) is 26.4 Å². The molecule has 0 aliphatic rings. The lowest BCUT2D eigenvalue weighted by molar-refractivity contribution is -0.137. The average Bonchev–Trinajstić information content (AvgIpc) is 2.37. The van der Waals surface area contributed by atoms with Gasteiger partial charge in [0.2, 0.25) is 5.91 Å². The summed E-state index contributed by atoms with van der Waals surface area (Å²) in [7, 11) is -4.31. The Morgan fingerprint density at radius 2 is 1.82 bits per heavy atom. The van der Waals surface area contributed by atoms with Crippen molar-refractivity contribution in [1.29, 1.82) is 0 Å². The van der Waals surface area contributed by atoms with Crippen molar-refractivity contribution in [2.45, 2.75) is 37.8 Å². The van der Waals surface area contributed by atoms with Gasteiger partial charge < -0.3 is 5.73 Å². The van der Waals surface area contributed by atoms with E-state index in [1.165, 1.54) is 0 Å². The Balaban J connectivity index is 3.12. The zero-order chi connectivity index (χ0) is 17.1. The van der Waals surface area contributed by atoms with Gasteiger partial charge in [-0.25, -0.2) is 13.1 Å². The van der Waals surface area contributed by atoms with Crippen LogP contribution in [0.25, 0.3) is 0 Å². The first kappa shape index (κ1) is 18.3. The number of nitrogens with one attached hydrogen (secondary N) is 1. The number of hydrogen-bond acceptors (Lipinski definition) is 4. The van der Waals surface area contributed by atoms with Crippen molar-refractivity contribution in [3.8, 4) is 0 Å². The molecular weight excluding hydrogens is 321 g/mol. The number of benzene rings is 1. The Morgan fingerprint density at radius 1 is 1.27 bits per heavy atom. The number of halogens is 3. The first-order valence-electron chi connectivity index (χ1n) is 6.56. The number of alkyl halides is 3. The van der Waals surface area contributed by atoms with Crippen LogP contribution in [0.15, 0.2) is 23.1 Å². The highest BCUT2D eigenvalue weighted by Crippen LogP contribution is 2.32. The van der Waals surface area contributed by atoms with Gasteiger partial charge in [0, 0.05) is 5.92 Å². The Labute approximate surface area is 126 Å². The number of nitrogen functional groups attached to an aromatic ring is 1. The number of carbonyl (C=O) groups excluding carboxylic acids is 1. The fourth-order valence-corrected chi connectivity index (χ4v) is 3.06. The first-order valence-corrected chi connectivity index (χ1v) is 8.04. The number of anilines is 1. The minimum absolute atomic E-state index is 0.445. The highest BCUT2D eigenvalue weighted by molar-refractivity contribution is 7.90. The number of rotatable bonds is 5. The molecule has 124 valence electrons. The maximum Gasteiger partial charge on any atom is 0.416 e. The van der Waals surface area contributed by atoms with Crippen molar-refractivity contribution >= 4 is 21.6 Å². The van der Waals surface area contributed by atoms with Crippen LogP contribution in [-0.2, 0) is 21.0 Å². The molecule has 0 bridgehead atoms. The Bertz CT molecular complexity index is 653. The minimum Gasteiger partial charge on any atom is -0.398 e. The van der Waals surface area contributed by atoms with E-state index in [1.807, 2.05) is 4.72 Å². The first-order chi connectivity index (χ1) is 10.0. The van der Waals surface area contributed by atoms with Gasteiger partial charge in [0.1, 0.15) is 4.90 Å². The van der Waals surface area contributed by atoms with E-state index >= 15 is 0 Å². The molecule has 0 aliphatic heterocycles. The SMILES string of the molecule is CCC(CC)C(=O)NS(=O)(=O)c1ccc(C(F)(F)F)cc1N. The van der Waals surface area contributed by atoms with Crippen molar-refractivity contribution < 1.29 is 26.4 Å². The van der Waals surface area contributed by atoms with Gasteiger partial charge in [0.15, 0.2) is 0 Å². The van der Waals surface area contributed by atoms with Crippen molar-refractivity contribution in [2.75, 3.05) is 5.73 Å². The van der Waals surface area contributed by atoms with Gasteiger partial charge in [0.25, 0.3) is 10.0 Å². The second kappa shape index (κ2) is 6.55. The fourth-order valence-electron chi connectivity index (χ4n) is 1.90. The lowest BCUT2D eigenvalue weighted by Gasteiger charge is -2.15. The summed E-state index contributed by atoms with van der Waals surface area (Å²) in [6.07, 6.45) is -3.74. The molecule has 1 aromatic carbocycles. The Hall–Kier alpha value is -1.77. The lowest BCUT2D eigenvalue weighted by atomic mass is 10.0. The quantitative estimate of drug-likeness (QED) is 0.808. The third-order valence-corrected chi connectivity index (χ3v) is 4.64. The molecule has 0 saturated heterocycles. The summed E-state index contributed by atoms with van der Waals surface area (Å²) >= 11 is 0. The predicted octanol–water partition coefficient (Wildman–Crippen LogP) is 2.53. The fraction of sp³-hybridized carbons (Fsp3) is 0.462. The summed E-state index contributed by atoms with van der Waals surface area (Å²) < 4.78 is 63.6. The van der Waals surface area contributed by atoms with Crippen LogP contribution in [0.3, 0.4) is 0 Å². The van der Waals surface area contributed by atoms with Crippen LogP contribution in [0, 0.1) is 5.92 Å². The molecule has 0 atom stereocenters. The lowest BCUT2D eigenvalue weighted by Crippen LogP contribution is -2.35. The van der Waals surface area contributed by atoms with Gasteiger partial charge in [-0.15, -0.1) is 0 Å². The zero-order valence-electron chi connectivity index (χ0n) is 12.1. The Morgan fingerprint density at radius 3 is 2.23 bits per heavy atom. The second-order valence-corrected chi connectivity index (χ2v) is 6.38. The molecule has 5 nitrogen and oxygen atoms in total. The van der Waals surface area contributed by atoms with Crippen LogP contribution >= 0.6 is 0 Å². The molecule has 0 aliphatic carbocycles. The highest BCUT2D eigenvalue weighted by Gasteiger charge is 2.32. The van der Waals surface area contributed by atoms with Crippen molar-refractivity contribution in [1.82, 2.24) is 4.72 Å². The van der Waals surface area contributed by atoms with E-state index in [2.05, 4.69) is 0 Å². The van der Waals surface area contributed by atoms with Crippen LogP contribution in [0.5, 0.6) is 0 Å². The summed E-state index contributed by atoms with van der Waals surface area (Å²) in [4.78, 5) is 11.3. The van der Waals surface area contributed by atoms with E-state index in [0.717, 1.165) is 6.07 Å². The van der Waals surface area contributed by atoms with Gasteiger partial charge >= 0.3 is 6.18 Å². The highest BCUT2D eigenvalue weighted by atomic mass is 32.2. The van der Waals surface area contributed by atoms with E-state index in [1.54, 1.807) is 13.8 Å². The average molecular weight is 338 g/mol. The molecule has 1 aromatic rings. The second-order valence-electron chi connectivity index (χ2n) is 4.73. The summed E-state index contributed by atoms with van der Waals surface area (Å²) in [5.41, 5.74) is 3.76. The van der Waals surface area contributed by atoms with Crippen LogP contribution in [0.4, 0.5) is 18.9 Å².